The first-order valence-electron chi connectivity index (χ1n) is 6.39. The van der Waals surface area contributed by atoms with Crippen molar-refractivity contribution in [2.24, 2.45) is 5.73 Å². The van der Waals surface area contributed by atoms with Gasteiger partial charge in [0.2, 0.25) is 10.0 Å². The maximum Gasteiger partial charge on any atom is 0.408 e. The molecule has 1 heterocycles. The van der Waals surface area contributed by atoms with Crippen molar-refractivity contribution in [1.29, 1.82) is 0 Å². The van der Waals surface area contributed by atoms with Gasteiger partial charge in [0.1, 0.15) is 11.4 Å². The first-order chi connectivity index (χ1) is 9.51. The van der Waals surface area contributed by atoms with Gasteiger partial charge in [0.05, 0.1) is 6.20 Å². The zero-order valence-corrected chi connectivity index (χ0v) is 13.9. The summed E-state index contributed by atoms with van der Waals surface area (Å²) < 4.78 is 63.4. The molecule has 0 saturated heterocycles. The van der Waals surface area contributed by atoms with Crippen molar-refractivity contribution in [3.8, 4) is 0 Å². The lowest BCUT2D eigenvalue weighted by molar-refractivity contribution is -0.142. The molecule has 1 aromatic rings. The van der Waals surface area contributed by atoms with Crippen LogP contribution in [-0.4, -0.2) is 36.5 Å². The Labute approximate surface area is 133 Å². The predicted molar refractivity (Wildman–Crippen MR) is 78.2 cm³/mol. The zero-order valence-electron chi connectivity index (χ0n) is 12.2. The molecule has 0 aliphatic rings. The standard InChI is InChI=1S/C11H19F3N4O2S.ClH/c1-3-10(15,4-2)7-17-21(19,20)9-5-16-18(6-9)8-11(12,13)14;/h5-6,17H,3-4,7-8,15H2,1-2H3;1H. The quantitative estimate of drug-likeness (QED) is 0.770. The minimum atomic E-state index is -4.46. The average Bonchev–Trinajstić information content (AvgIpc) is 2.83. The fourth-order valence-corrected chi connectivity index (χ4v) is 2.67. The summed E-state index contributed by atoms with van der Waals surface area (Å²) in [5, 5.41) is 3.40. The Morgan fingerprint density at radius 2 is 1.86 bits per heavy atom. The molecule has 11 heteroatoms. The van der Waals surface area contributed by atoms with Gasteiger partial charge in [-0.3, -0.25) is 4.68 Å². The highest BCUT2D eigenvalue weighted by Gasteiger charge is 2.30. The lowest BCUT2D eigenvalue weighted by Gasteiger charge is -2.26. The molecule has 1 aromatic heterocycles. The van der Waals surface area contributed by atoms with E-state index in [4.69, 9.17) is 5.73 Å². The fourth-order valence-electron chi connectivity index (χ4n) is 1.58. The van der Waals surface area contributed by atoms with E-state index in [2.05, 4.69) is 9.82 Å². The van der Waals surface area contributed by atoms with Gasteiger partial charge in [-0.15, -0.1) is 12.4 Å². The lowest BCUT2D eigenvalue weighted by Crippen LogP contribution is -2.49. The van der Waals surface area contributed by atoms with Gasteiger partial charge < -0.3 is 5.73 Å². The van der Waals surface area contributed by atoms with Crippen LogP contribution in [0.3, 0.4) is 0 Å². The van der Waals surface area contributed by atoms with E-state index in [1.54, 1.807) is 0 Å². The van der Waals surface area contributed by atoms with Crippen LogP contribution in [0.1, 0.15) is 26.7 Å². The molecule has 22 heavy (non-hydrogen) atoms. The molecule has 6 nitrogen and oxygen atoms in total. The van der Waals surface area contributed by atoms with Gasteiger partial charge >= 0.3 is 6.18 Å². The molecular weight excluding hydrogens is 345 g/mol. The summed E-state index contributed by atoms with van der Waals surface area (Å²) in [4.78, 5) is -0.318. The van der Waals surface area contributed by atoms with Crippen molar-refractivity contribution in [3.05, 3.63) is 12.4 Å². The number of hydrogen-bond acceptors (Lipinski definition) is 4. The third kappa shape index (κ3) is 6.11. The van der Waals surface area contributed by atoms with Crippen molar-refractivity contribution in [2.45, 2.75) is 49.8 Å². The summed E-state index contributed by atoms with van der Waals surface area (Å²) in [6.07, 6.45) is -1.61. The van der Waals surface area contributed by atoms with E-state index in [1.807, 2.05) is 13.8 Å². The maximum absolute atomic E-state index is 12.2. The molecular formula is C11H20ClF3N4O2S. The second kappa shape index (κ2) is 7.62. The zero-order chi connectivity index (χ0) is 16.3. The van der Waals surface area contributed by atoms with Crippen LogP contribution < -0.4 is 10.5 Å². The van der Waals surface area contributed by atoms with E-state index in [9.17, 15) is 21.6 Å². The minimum absolute atomic E-state index is 0. The molecule has 0 aliphatic carbocycles. The van der Waals surface area contributed by atoms with Gasteiger partial charge in [-0.2, -0.15) is 18.3 Å². The molecule has 1 rings (SSSR count). The van der Waals surface area contributed by atoms with Gasteiger partial charge in [0, 0.05) is 18.3 Å². The van der Waals surface area contributed by atoms with E-state index >= 15 is 0 Å². The van der Waals surface area contributed by atoms with Crippen LogP contribution in [0, 0.1) is 0 Å². The number of halogens is 4. The largest absolute Gasteiger partial charge is 0.408 e. The molecule has 0 spiro atoms. The predicted octanol–water partition coefficient (Wildman–Crippen LogP) is 1.66. The highest BCUT2D eigenvalue weighted by atomic mass is 35.5. The Kier molecular flexibility index (Phi) is 7.33. The van der Waals surface area contributed by atoms with Gasteiger partial charge in [-0.1, -0.05) is 13.8 Å². The van der Waals surface area contributed by atoms with Gasteiger partial charge in [-0.25, -0.2) is 13.1 Å². The highest BCUT2D eigenvalue weighted by molar-refractivity contribution is 7.89. The second-order valence-electron chi connectivity index (χ2n) is 4.88. The molecule has 0 radical (unpaired) electrons. The number of hydrogen-bond donors (Lipinski definition) is 2. The molecule has 0 aromatic carbocycles. The Bertz CT molecular complexity index is 570. The van der Waals surface area contributed by atoms with Crippen LogP contribution in [0.4, 0.5) is 13.2 Å². The minimum Gasteiger partial charge on any atom is -0.324 e. The topological polar surface area (TPSA) is 90.0 Å². The third-order valence-electron chi connectivity index (χ3n) is 3.28. The Morgan fingerprint density at radius 1 is 1.32 bits per heavy atom. The lowest BCUT2D eigenvalue weighted by atomic mass is 9.95. The Morgan fingerprint density at radius 3 is 2.32 bits per heavy atom. The molecule has 0 unspecified atom stereocenters. The smallest absolute Gasteiger partial charge is 0.324 e. The number of aromatic nitrogens is 2. The summed E-state index contributed by atoms with van der Waals surface area (Å²) in [6, 6.07) is 0. The van der Waals surface area contributed by atoms with Crippen LogP contribution in [0.2, 0.25) is 0 Å². The normalized spacial score (nSPS) is 13.0. The summed E-state index contributed by atoms with van der Waals surface area (Å²) in [6.45, 7) is 2.33. The van der Waals surface area contributed by atoms with Crippen LogP contribution in [0.15, 0.2) is 17.3 Å². The van der Waals surface area contributed by atoms with Gasteiger partial charge in [-0.05, 0) is 12.8 Å². The molecule has 3 N–H and O–H groups in total. The number of alkyl halides is 3. The summed E-state index contributed by atoms with van der Waals surface area (Å²) in [7, 11) is -3.93. The number of nitrogens with two attached hydrogens (primary N) is 1. The molecule has 0 amide bonds. The highest BCUT2D eigenvalue weighted by Crippen LogP contribution is 2.18. The summed E-state index contributed by atoms with van der Waals surface area (Å²) in [5.41, 5.74) is 5.29. The first-order valence-corrected chi connectivity index (χ1v) is 7.87. The summed E-state index contributed by atoms with van der Waals surface area (Å²) >= 11 is 0. The van der Waals surface area contributed by atoms with Crippen LogP contribution in [0.25, 0.3) is 0 Å². The second-order valence-corrected chi connectivity index (χ2v) is 6.65. The Hall–Kier alpha value is -0.840. The van der Waals surface area contributed by atoms with E-state index in [0.29, 0.717) is 17.5 Å². The van der Waals surface area contributed by atoms with Crippen LogP contribution in [-0.2, 0) is 16.6 Å². The molecule has 0 bridgehead atoms. The number of sulfonamides is 1. The summed E-state index contributed by atoms with van der Waals surface area (Å²) in [5.74, 6) is 0. The van der Waals surface area contributed by atoms with E-state index < -0.39 is 28.3 Å². The van der Waals surface area contributed by atoms with Crippen molar-refractivity contribution in [1.82, 2.24) is 14.5 Å². The average molecular weight is 365 g/mol. The monoisotopic (exact) mass is 364 g/mol. The molecule has 0 fully saturated rings. The van der Waals surface area contributed by atoms with E-state index in [1.165, 1.54) is 0 Å². The van der Waals surface area contributed by atoms with Crippen molar-refractivity contribution < 1.29 is 21.6 Å². The van der Waals surface area contributed by atoms with Gasteiger partial charge in [0.15, 0.2) is 0 Å². The fraction of sp³-hybridized carbons (Fsp3) is 0.727. The van der Waals surface area contributed by atoms with Crippen LogP contribution >= 0.6 is 12.4 Å². The van der Waals surface area contributed by atoms with Crippen molar-refractivity contribution in [3.63, 3.8) is 0 Å². The van der Waals surface area contributed by atoms with Gasteiger partial charge in [0.25, 0.3) is 0 Å². The maximum atomic E-state index is 12.2. The first kappa shape index (κ1) is 21.2. The SMILES string of the molecule is CCC(N)(CC)CNS(=O)(=O)c1cnn(CC(F)(F)F)c1.Cl. The molecule has 0 aliphatic heterocycles. The molecule has 130 valence electrons. The van der Waals surface area contributed by atoms with Crippen LogP contribution in [0.5, 0.6) is 0 Å². The van der Waals surface area contributed by atoms with E-state index in [-0.39, 0.29) is 23.8 Å². The van der Waals surface area contributed by atoms with E-state index in [0.717, 1.165) is 12.4 Å². The van der Waals surface area contributed by atoms with Crippen molar-refractivity contribution in [2.75, 3.05) is 6.54 Å². The Balaban J connectivity index is 0.00000441. The third-order valence-corrected chi connectivity index (χ3v) is 4.64. The number of nitrogens with one attached hydrogen (secondary N) is 1. The number of rotatable bonds is 7. The van der Waals surface area contributed by atoms with Crippen molar-refractivity contribution >= 4 is 22.4 Å². The molecule has 0 saturated carbocycles. The molecule has 0 atom stereocenters. The number of nitrogens with zero attached hydrogens (tertiary/aromatic N) is 2.